The minimum Gasteiger partial charge on any atom is -0.278 e. The third kappa shape index (κ3) is 16.0. The van der Waals surface area contributed by atoms with Crippen LogP contribution in [-0.4, -0.2) is 0 Å². The van der Waals surface area contributed by atoms with Crippen LogP contribution in [0.3, 0.4) is 0 Å². The largest absolute Gasteiger partial charge is 3.00 e. The maximum absolute atomic E-state index is 12.0. The van der Waals surface area contributed by atoms with Crippen LogP contribution in [0.15, 0.2) is 60.7 Å². The Balaban J connectivity index is 0. The first-order valence-electron chi connectivity index (χ1n) is 13.1. The molecule has 0 heterocycles. The molecule has 0 saturated carbocycles. The predicted molar refractivity (Wildman–Crippen MR) is 144 cm³/mol. The summed E-state index contributed by atoms with van der Waals surface area (Å²) in [5.41, 5.74) is 0. The third-order valence-electron chi connectivity index (χ3n) is 5.07. The second kappa shape index (κ2) is 25.7. The minimum absolute atomic E-state index is 0. The summed E-state index contributed by atoms with van der Waals surface area (Å²) in [6.45, 7) is 0. The van der Waals surface area contributed by atoms with Gasteiger partial charge in [0, 0.05) is 0 Å². The van der Waals surface area contributed by atoms with Crippen LogP contribution in [-0.2, 0) is 43.4 Å². The van der Waals surface area contributed by atoms with Crippen molar-refractivity contribution in [2.24, 2.45) is 0 Å². The molecule has 0 unspecified atom stereocenters. The first kappa shape index (κ1) is 53.7. The van der Waals surface area contributed by atoms with Crippen molar-refractivity contribution < 1.29 is 131 Å². The quantitative estimate of drug-likeness (QED) is 0.0469. The van der Waals surface area contributed by atoms with Crippen molar-refractivity contribution in [2.45, 2.75) is 0 Å². The van der Waals surface area contributed by atoms with E-state index in [1.807, 2.05) is 60.7 Å². The molecule has 22 heteroatoms. The number of hydrogen-bond donors (Lipinski definition) is 0. The van der Waals surface area contributed by atoms with E-state index in [-0.39, 0.29) is 43.4 Å². The van der Waals surface area contributed by atoms with E-state index in [1.54, 1.807) is 0 Å². The van der Waals surface area contributed by atoms with Crippen molar-refractivity contribution in [3.05, 3.63) is 201 Å². The van der Waals surface area contributed by atoms with Gasteiger partial charge in [0.05, 0.1) is 116 Å². The standard InChI is InChI=1S/4C6F5.2C5H5.2Ti/c4*7-2-1-3(8)5(10)6(11)4(2)9;2*1-2-4-5-3-1;;/h;;;;2*1-5H;;/q6*-1;2*+3. The van der Waals surface area contributed by atoms with Crippen molar-refractivity contribution in [3.63, 3.8) is 0 Å². The van der Waals surface area contributed by atoms with Gasteiger partial charge in [-0.3, -0.25) is 35.1 Å². The SMILES string of the molecule is Fc1[c-]c(F)c(F)c(F)c1F.Fc1[c-]c(F)c(F)c(F)c1F.Fc1[c-]c(F)c(F)c(F)c1F.Fc1[c-]c(F)c(F)c(F)c1F.[Ti+3].[Ti+3].c1cc[cH-]c1.c1cc[cH-]c1. The summed E-state index contributed by atoms with van der Waals surface area (Å²) in [7, 11) is 0. The van der Waals surface area contributed by atoms with Gasteiger partial charge >= 0.3 is 43.4 Å². The summed E-state index contributed by atoms with van der Waals surface area (Å²) >= 11 is 0. The van der Waals surface area contributed by atoms with Crippen LogP contribution in [0, 0.1) is 141 Å². The smallest absolute Gasteiger partial charge is 0.278 e. The van der Waals surface area contributed by atoms with Crippen LogP contribution >= 0.6 is 0 Å². The Kier molecular flexibility index (Phi) is 24.7. The topological polar surface area (TPSA) is 0 Å². The van der Waals surface area contributed by atoms with E-state index >= 15 is 0 Å². The monoisotopic (exact) mass is 894 g/mol. The van der Waals surface area contributed by atoms with Crippen LogP contribution in [0.2, 0.25) is 0 Å². The predicted octanol–water partition coefficient (Wildman–Crippen LogP) is 11.5. The Hall–Kier alpha value is -4.39. The molecule has 0 nitrogen and oxygen atoms in total. The molecular formula is C34H10F20Ti2. The summed E-state index contributed by atoms with van der Waals surface area (Å²) in [4.78, 5) is 0. The number of benzene rings is 4. The Labute approximate surface area is 331 Å². The summed E-state index contributed by atoms with van der Waals surface area (Å²) in [6.07, 6.45) is 0. The van der Waals surface area contributed by atoms with Gasteiger partial charge in [-0.2, -0.15) is 36.4 Å². The molecule has 2 radical (unpaired) electrons. The summed E-state index contributed by atoms with van der Waals surface area (Å²) < 4.78 is 239. The van der Waals surface area contributed by atoms with Gasteiger partial charge < -0.3 is 0 Å². The molecule has 0 spiro atoms. The average molecular weight is 894 g/mol. The molecule has 56 heavy (non-hydrogen) atoms. The summed E-state index contributed by atoms with van der Waals surface area (Å²) in [6, 6.07) is 24.1. The van der Waals surface area contributed by atoms with Gasteiger partial charge in [0.2, 0.25) is 0 Å². The van der Waals surface area contributed by atoms with Crippen LogP contribution in [0.25, 0.3) is 0 Å². The zero-order valence-electron chi connectivity index (χ0n) is 26.3. The van der Waals surface area contributed by atoms with Crippen molar-refractivity contribution in [1.82, 2.24) is 0 Å². The number of rotatable bonds is 0. The summed E-state index contributed by atoms with van der Waals surface area (Å²) in [5.74, 6) is -40.2. The van der Waals surface area contributed by atoms with Crippen LogP contribution < -0.4 is 0 Å². The van der Waals surface area contributed by atoms with Gasteiger partial charge in [0.15, 0.2) is 0 Å². The maximum Gasteiger partial charge on any atom is 3.00 e. The maximum atomic E-state index is 12.0. The average Bonchev–Trinajstić information content (AvgIpc) is 3.93. The Morgan fingerprint density at radius 2 is 0.357 bits per heavy atom. The minimum atomic E-state index is -2.17. The molecule has 0 saturated heterocycles. The fourth-order valence-corrected chi connectivity index (χ4v) is 2.62. The van der Waals surface area contributed by atoms with E-state index in [0.717, 1.165) is 24.3 Å². The van der Waals surface area contributed by atoms with Crippen molar-refractivity contribution in [1.29, 1.82) is 0 Å². The van der Waals surface area contributed by atoms with Crippen molar-refractivity contribution in [2.75, 3.05) is 0 Å². The van der Waals surface area contributed by atoms with Crippen molar-refractivity contribution >= 4 is 0 Å². The van der Waals surface area contributed by atoms with E-state index in [2.05, 4.69) is 0 Å². The molecule has 6 aromatic carbocycles. The molecule has 0 aliphatic rings. The Bertz CT molecular complexity index is 1670. The van der Waals surface area contributed by atoms with Gasteiger partial charge in [-0.05, 0) is 0 Å². The number of hydrogen-bond acceptors (Lipinski definition) is 0. The van der Waals surface area contributed by atoms with Crippen LogP contribution in [0.1, 0.15) is 0 Å². The first-order chi connectivity index (χ1) is 25.1. The Morgan fingerprint density at radius 3 is 0.446 bits per heavy atom. The molecule has 0 atom stereocenters. The van der Waals surface area contributed by atoms with E-state index in [1.165, 1.54) is 0 Å². The molecule has 0 amide bonds. The molecule has 0 N–H and O–H groups in total. The molecule has 0 aliphatic heterocycles. The summed E-state index contributed by atoms with van der Waals surface area (Å²) in [5, 5.41) is 0. The Morgan fingerprint density at radius 1 is 0.232 bits per heavy atom. The first-order valence-corrected chi connectivity index (χ1v) is 13.1. The molecule has 0 aromatic heterocycles. The van der Waals surface area contributed by atoms with Gasteiger partial charge in [-0.25, -0.2) is 77.0 Å². The molecule has 6 aromatic rings. The van der Waals surface area contributed by atoms with Crippen LogP contribution in [0.5, 0.6) is 0 Å². The van der Waals surface area contributed by atoms with E-state index < -0.39 is 116 Å². The molecule has 0 bridgehead atoms. The van der Waals surface area contributed by atoms with Crippen molar-refractivity contribution in [3.8, 4) is 0 Å². The van der Waals surface area contributed by atoms with E-state index in [4.69, 9.17) is 0 Å². The van der Waals surface area contributed by atoms with Gasteiger partial charge in [0.1, 0.15) is 0 Å². The fourth-order valence-electron chi connectivity index (χ4n) is 2.62. The molecule has 0 fully saturated rings. The van der Waals surface area contributed by atoms with Gasteiger partial charge in [-0.1, -0.05) is 0 Å². The zero-order valence-corrected chi connectivity index (χ0v) is 29.5. The number of halogens is 20. The normalized spacial score (nSPS) is 9.50. The third-order valence-corrected chi connectivity index (χ3v) is 5.07. The second-order valence-corrected chi connectivity index (χ2v) is 8.70. The van der Waals surface area contributed by atoms with E-state index in [9.17, 15) is 87.8 Å². The molecule has 0 aliphatic carbocycles. The van der Waals surface area contributed by atoms with E-state index in [0.29, 0.717) is 0 Å². The zero-order chi connectivity index (χ0) is 41.4. The molecular weight excluding hydrogens is 884 g/mol. The fraction of sp³-hybridized carbons (Fsp3) is 0. The molecule has 6 rings (SSSR count). The van der Waals surface area contributed by atoms with Gasteiger partial charge in [-0.15, -0.1) is 24.3 Å². The van der Waals surface area contributed by atoms with Gasteiger partial charge in [0.25, 0.3) is 0 Å². The van der Waals surface area contributed by atoms with Crippen LogP contribution in [0.4, 0.5) is 87.8 Å². The molecule has 294 valence electrons. The second-order valence-electron chi connectivity index (χ2n) is 8.70.